The third-order valence-corrected chi connectivity index (χ3v) is 7.07. The maximum Gasteiger partial charge on any atom is 0.414 e. The van der Waals surface area contributed by atoms with Crippen molar-refractivity contribution in [3.63, 3.8) is 0 Å². The highest BCUT2D eigenvalue weighted by Crippen LogP contribution is 2.40. The molecule has 0 saturated carbocycles. The van der Waals surface area contributed by atoms with Gasteiger partial charge in [-0.1, -0.05) is 23.7 Å². The van der Waals surface area contributed by atoms with Gasteiger partial charge in [-0.2, -0.15) is 18.3 Å². The first kappa shape index (κ1) is 25.8. The van der Waals surface area contributed by atoms with Gasteiger partial charge in [0.05, 0.1) is 23.5 Å². The molecule has 1 fully saturated rings. The van der Waals surface area contributed by atoms with Crippen LogP contribution in [0.5, 0.6) is 0 Å². The van der Waals surface area contributed by atoms with Crippen LogP contribution >= 0.6 is 11.6 Å². The van der Waals surface area contributed by atoms with Crippen LogP contribution in [0.25, 0.3) is 5.65 Å². The van der Waals surface area contributed by atoms with Gasteiger partial charge in [0.1, 0.15) is 0 Å². The summed E-state index contributed by atoms with van der Waals surface area (Å²) in [6, 6.07) is 5.09. The predicted molar refractivity (Wildman–Crippen MR) is 129 cm³/mol. The molecule has 10 nitrogen and oxygen atoms in total. The van der Waals surface area contributed by atoms with Crippen LogP contribution in [0.3, 0.4) is 0 Å². The first-order valence-corrected chi connectivity index (χ1v) is 12.1. The molecule has 2 aliphatic heterocycles. The van der Waals surface area contributed by atoms with Crippen LogP contribution in [0.15, 0.2) is 36.5 Å². The number of hydrogen-bond acceptors (Lipinski definition) is 6. The first-order valence-electron chi connectivity index (χ1n) is 11.7. The third-order valence-electron chi connectivity index (χ3n) is 6.89. The minimum Gasteiger partial charge on any atom is -0.465 e. The molecular formula is C24H22ClF3N6O4. The number of alkyl halides is 3. The molecule has 2 atom stereocenters. The molecule has 200 valence electrons. The van der Waals surface area contributed by atoms with Crippen molar-refractivity contribution in [3.05, 3.63) is 52.9 Å². The fraction of sp³-hybridized carbons (Fsp3) is 0.375. The molecule has 14 heteroatoms. The molecular weight excluding hydrogens is 529 g/mol. The molecule has 0 aliphatic carbocycles. The van der Waals surface area contributed by atoms with Gasteiger partial charge < -0.3 is 14.9 Å². The lowest BCUT2D eigenvalue weighted by molar-refractivity contribution is -0.190. The summed E-state index contributed by atoms with van der Waals surface area (Å²) in [5, 5.41) is 13.7. The van der Waals surface area contributed by atoms with Crippen molar-refractivity contribution in [1.29, 1.82) is 0 Å². The lowest BCUT2D eigenvalue weighted by Crippen LogP contribution is -2.43. The van der Waals surface area contributed by atoms with Crippen molar-refractivity contribution in [3.8, 4) is 0 Å². The van der Waals surface area contributed by atoms with E-state index in [0.717, 1.165) is 31.3 Å². The van der Waals surface area contributed by atoms with E-state index in [2.05, 4.69) is 10.1 Å². The number of imide groups is 1. The van der Waals surface area contributed by atoms with Gasteiger partial charge in [-0.3, -0.25) is 9.59 Å². The van der Waals surface area contributed by atoms with Crippen molar-refractivity contribution < 1.29 is 32.7 Å². The monoisotopic (exact) mass is 550 g/mol. The van der Waals surface area contributed by atoms with Gasteiger partial charge in [0, 0.05) is 38.3 Å². The predicted octanol–water partition coefficient (Wildman–Crippen LogP) is 4.06. The van der Waals surface area contributed by atoms with Crippen LogP contribution < -0.4 is 4.90 Å². The number of likely N-dealkylation sites (tertiary alicyclic amines) is 1. The molecule has 1 aromatic carbocycles. The van der Waals surface area contributed by atoms with E-state index in [4.69, 9.17) is 16.7 Å². The number of nitrogens with zero attached hydrogens (tertiary/aromatic N) is 6. The molecule has 1 N–H and O–H groups in total. The topological polar surface area (TPSA) is 111 Å². The number of halogens is 4. The van der Waals surface area contributed by atoms with E-state index < -0.39 is 49.0 Å². The summed E-state index contributed by atoms with van der Waals surface area (Å²) in [5.74, 6) is -2.95. The molecule has 38 heavy (non-hydrogen) atoms. The van der Waals surface area contributed by atoms with E-state index >= 15 is 0 Å². The van der Waals surface area contributed by atoms with Crippen molar-refractivity contribution in [2.45, 2.75) is 31.5 Å². The average Bonchev–Trinajstić information content (AvgIpc) is 3.45. The Morgan fingerprint density at radius 3 is 2.58 bits per heavy atom. The number of aromatic nitrogens is 3. The molecule has 0 spiro atoms. The van der Waals surface area contributed by atoms with Gasteiger partial charge in [0.25, 0.3) is 0 Å². The van der Waals surface area contributed by atoms with Crippen LogP contribution in [0, 0.1) is 5.92 Å². The number of hydrogen-bond donors (Lipinski definition) is 1. The first-order chi connectivity index (χ1) is 18.0. The Balaban J connectivity index is 1.41. The van der Waals surface area contributed by atoms with Crippen molar-refractivity contribution in [2.75, 3.05) is 25.0 Å². The van der Waals surface area contributed by atoms with Crippen LogP contribution in [0.1, 0.15) is 30.1 Å². The normalized spacial score (nSPS) is 18.6. The summed E-state index contributed by atoms with van der Waals surface area (Å²) in [6.07, 6.45) is -3.62. The Morgan fingerprint density at radius 1 is 1.24 bits per heavy atom. The average molecular weight is 551 g/mol. The Labute approximate surface area is 219 Å². The maximum absolute atomic E-state index is 14.2. The van der Waals surface area contributed by atoms with Crippen LogP contribution in [-0.2, 0) is 16.0 Å². The smallest absolute Gasteiger partial charge is 0.414 e. The van der Waals surface area contributed by atoms with Crippen molar-refractivity contribution in [1.82, 2.24) is 24.4 Å². The second kappa shape index (κ2) is 9.46. The summed E-state index contributed by atoms with van der Waals surface area (Å²) in [4.78, 5) is 43.2. The largest absolute Gasteiger partial charge is 0.465 e. The SMILES string of the molecule is CN(C(=O)[C@@H]1CC(=O)N(C(=O)O)C1)[C@@H](c1ccc(N2CCCc3c2cnc2cc(Cl)nn32)cc1)C(F)(F)F. The van der Waals surface area contributed by atoms with Gasteiger partial charge >= 0.3 is 12.3 Å². The lowest BCUT2D eigenvalue weighted by atomic mass is 10.0. The Hall–Kier alpha value is -3.87. The fourth-order valence-electron chi connectivity index (χ4n) is 5.14. The molecule has 1 saturated heterocycles. The van der Waals surface area contributed by atoms with Gasteiger partial charge in [-0.25, -0.2) is 19.2 Å². The van der Waals surface area contributed by atoms with E-state index in [1.165, 1.54) is 12.1 Å². The lowest BCUT2D eigenvalue weighted by Gasteiger charge is -2.33. The van der Waals surface area contributed by atoms with E-state index in [-0.39, 0.29) is 5.56 Å². The van der Waals surface area contributed by atoms with E-state index in [0.29, 0.717) is 32.8 Å². The number of rotatable bonds is 4. The molecule has 2 aliphatic rings. The second-order valence-corrected chi connectivity index (χ2v) is 9.64. The summed E-state index contributed by atoms with van der Waals surface area (Å²) >= 11 is 6.03. The Kier molecular flexibility index (Phi) is 6.41. The minimum atomic E-state index is -4.81. The molecule has 2 aromatic heterocycles. The van der Waals surface area contributed by atoms with Gasteiger partial charge in [-0.15, -0.1) is 0 Å². The molecule has 0 unspecified atom stereocenters. The highest BCUT2D eigenvalue weighted by molar-refractivity contribution is 6.29. The molecule has 3 amide bonds. The van der Waals surface area contributed by atoms with Gasteiger partial charge in [0.15, 0.2) is 16.8 Å². The highest BCUT2D eigenvalue weighted by Gasteiger charge is 2.48. The molecule has 0 radical (unpaired) electrons. The van der Waals surface area contributed by atoms with Gasteiger partial charge in [0.2, 0.25) is 11.8 Å². The molecule has 4 heterocycles. The molecule has 0 bridgehead atoms. The maximum atomic E-state index is 14.2. The number of anilines is 2. The van der Waals surface area contributed by atoms with Crippen LogP contribution in [0.4, 0.5) is 29.3 Å². The quantitative estimate of drug-likeness (QED) is 0.521. The Morgan fingerprint density at radius 2 is 1.95 bits per heavy atom. The summed E-state index contributed by atoms with van der Waals surface area (Å²) in [7, 11) is 1.01. The molecule has 5 rings (SSSR count). The van der Waals surface area contributed by atoms with E-state index in [9.17, 15) is 27.6 Å². The van der Waals surface area contributed by atoms with E-state index in [1.807, 2.05) is 4.90 Å². The van der Waals surface area contributed by atoms with Crippen molar-refractivity contribution >= 4 is 46.5 Å². The number of carbonyl (C=O) groups excluding carboxylic acids is 2. The van der Waals surface area contributed by atoms with Crippen molar-refractivity contribution in [2.24, 2.45) is 5.92 Å². The number of amides is 3. The Bertz CT molecular complexity index is 1430. The third kappa shape index (κ3) is 4.51. The van der Waals surface area contributed by atoms with Crippen LogP contribution in [0.2, 0.25) is 5.15 Å². The van der Waals surface area contributed by atoms with E-state index in [1.54, 1.807) is 28.9 Å². The standard InChI is InChI=1S/C24H22ClF3N6O4/c1-31(22(36)14-9-20(35)33(12-14)23(37)38)21(24(26,27)28)13-4-6-15(7-5-13)32-8-2-3-16-17(32)11-29-19-10-18(25)30-34(16)19/h4-7,10-11,14,21H,2-3,8-9,12H2,1H3,(H,37,38)/t14-,21+/m1/s1. The zero-order chi connectivity index (χ0) is 27.4. The highest BCUT2D eigenvalue weighted by atomic mass is 35.5. The second-order valence-electron chi connectivity index (χ2n) is 9.26. The number of carboxylic acid groups (broad SMARTS) is 1. The van der Waals surface area contributed by atoms with Gasteiger partial charge in [-0.05, 0) is 30.5 Å². The molecule has 3 aromatic rings. The summed E-state index contributed by atoms with van der Waals surface area (Å²) in [5.41, 5.74) is 2.73. The van der Waals surface area contributed by atoms with Crippen LogP contribution in [-0.4, -0.2) is 73.7 Å². The zero-order valence-electron chi connectivity index (χ0n) is 20.0. The fourth-order valence-corrected chi connectivity index (χ4v) is 5.31. The summed E-state index contributed by atoms with van der Waals surface area (Å²) < 4.78 is 44.2. The summed E-state index contributed by atoms with van der Waals surface area (Å²) in [6.45, 7) is 0.142. The minimum absolute atomic E-state index is 0.166. The number of benzene rings is 1. The number of aryl methyl sites for hydroxylation is 1. The zero-order valence-corrected chi connectivity index (χ0v) is 20.8. The number of fused-ring (bicyclic) bond motifs is 3. The number of carbonyl (C=O) groups is 3.